The van der Waals surface area contributed by atoms with Crippen LogP contribution < -0.4 is 10.6 Å². The fourth-order valence-corrected chi connectivity index (χ4v) is 2.77. The van der Waals surface area contributed by atoms with Crippen LogP contribution >= 0.6 is 0 Å². The van der Waals surface area contributed by atoms with Gasteiger partial charge >= 0.3 is 6.09 Å². The molecule has 3 N–H and O–H groups in total. The summed E-state index contributed by atoms with van der Waals surface area (Å²) >= 11 is 0. The van der Waals surface area contributed by atoms with E-state index in [-0.39, 0.29) is 18.0 Å². The van der Waals surface area contributed by atoms with Crippen LogP contribution in [0.15, 0.2) is 24.0 Å². The average molecular weight is 364 g/mol. The summed E-state index contributed by atoms with van der Waals surface area (Å²) in [5.41, 5.74) is 2.29. The molecule has 7 heteroatoms. The highest BCUT2D eigenvalue weighted by molar-refractivity contribution is 5.94. The maximum atomic E-state index is 13.3. The highest BCUT2D eigenvalue weighted by Crippen LogP contribution is 2.32. The second-order valence-corrected chi connectivity index (χ2v) is 7.36. The monoisotopic (exact) mass is 364 g/mol. The number of nitrogens with one attached hydrogen (secondary N) is 2. The average Bonchev–Trinajstić information content (AvgIpc) is 2.54. The fraction of sp³-hybridized carbons (Fsp3) is 0.474. The molecule has 1 aromatic carbocycles. The summed E-state index contributed by atoms with van der Waals surface area (Å²) in [6.07, 6.45) is -0.672. The third-order valence-corrected chi connectivity index (χ3v) is 3.97. The number of hydrogen-bond donors (Lipinski definition) is 3. The number of benzene rings is 1. The second-order valence-electron chi connectivity index (χ2n) is 7.36. The van der Waals surface area contributed by atoms with Gasteiger partial charge in [0.2, 0.25) is 5.91 Å². The van der Waals surface area contributed by atoms with Crippen molar-refractivity contribution < 1.29 is 23.8 Å². The van der Waals surface area contributed by atoms with E-state index in [1.54, 1.807) is 32.9 Å². The maximum absolute atomic E-state index is 13.3. The topological polar surface area (TPSA) is 87.7 Å². The van der Waals surface area contributed by atoms with Crippen molar-refractivity contribution >= 4 is 17.7 Å². The van der Waals surface area contributed by atoms with E-state index in [0.29, 0.717) is 24.7 Å². The largest absolute Gasteiger partial charge is 0.444 e. The Morgan fingerprint density at radius 2 is 2.12 bits per heavy atom. The molecule has 0 aliphatic carbocycles. The van der Waals surface area contributed by atoms with Gasteiger partial charge in [0.05, 0.1) is 6.33 Å². The Kier molecular flexibility index (Phi) is 6.02. The molecule has 1 aliphatic heterocycles. The molecule has 0 saturated heterocycles. The summed E-state index contributed by atoms with van der Waals surface area (Å²) in [7, 11) is 0. The molecular formula is C19H25FN2O4. The first-order valence-electron chi connectivity index (χ1n) is 8.48. The standard InChI is InChI=1S/C19H25FN2O4/c1-11-7-13(8-12-5-6-15(23)22-16(11)12)17(24)14(9-20)10-21-18(25)26-19(2,3)4/h7-9,17,24H,5-6,10H2,1-4H3,(H,21,25)(H,22,23)/b14-9-. The minimum atomic E-state index is -1.21. The predicted octanol–water partition coefficient (Wildman–Crippen LogP) is 3.29. The molecule has 6 nitrogen and oxygen atoms in total. The van der Waals surface area contributed by atoms with E-state index in [9.17, 15) is 19.1 Å². The highest BCUT2D eigenvalue weighted by atomic mass is 19.1. The molecule has 26 heavy (non-hydrogen) atoms. The Labute approximate surface area is 152 Å². The van der Waals surface area contributed by atoms with Gasteiger partial charge in [-0.1, -0.05) is 12.1 Å². The van der Waals surface area contributed by atoms with Crippen LogP contribution in [-0.4, -0.2) is 29.3 Å². The van der Waals surface area contributed by atoms with Gasteiger partial charge in [-0.3, -0.25) is 4.79 Å². The van der Waals surface area contributed by atoms with Gasteiger partial charge in [-0.15, -0.1) is 0 Å². The van der Waals surface area contributed by atoms with Crippen molar-refractivity contribution in [2.45, 2.75) is 52.2 Å². The highest BCUT2D eigenvalue weighted by Gasteiger charge is 2.22. The minimum Gasteiger partial charge on any atom is -0.444 e. The van der Waals surface area contributed by atoms with Crippen LogP contribution in [0.25, 0.3) is 0 Å². The summed E-state index contributed by atoms with van der Waals surface area (Å²) in [6, 6.07) is 3.45. The molecule has 1 heterocycles. The molecule has 2 amide bonds. The van der Waals surface area contributed by atoms with Gasteiger partial charge in [0.1, 0.15) is 11.7 Å². The number of alkyl carbamates (subject to hydrolysis) is 1. The molecular weight excluding hydrogens is 339 g/mol. The number of aliphatic hydroxyl groups is 1. The van der Waals surface area contributed by atoms with E-state index in [2.05, 4.69) is 10.6 Å². The SMILES string of the molecule is Cc1cc(C(O)/C(=C\F)CNC(=O)OC(C)(C)C)cc2c1NC(=O)CC2. The van der Waals surface area contributed by atoms with Crippen molar-refractivity contribution in [3.8, 4) is 0 Å². The summed E-state index contributed by atoms with van der Waals surface area (Å²) in [6.45, 7) is 6.81. The van der Waals surface area contributed by atoms with Gasteiger partial charge in [0.25, 0.3) is 0 Å². The van der Waals surface area contributed by atoms with Crippen LogP contribution in [0.3, 0.4) is 0 Å². The third-order valence-electron chi connectivity index (χ3n) is 3.97. The third kappa shape index (κ3) is 5.05. The van der Waals surface area contributed by atoms with Crippen molar-refractivity contribution in [3.63, 3.8) is 0 Å². The van der Waals surface area contributed by atoms with Gasteiger partial charge in [0.15, 0.2) is 0 Å². The zero-order valence-electron chi connectivity index (χ0n) is 15.5. The minimum absolute atomic E-state index is 0.00931. The van der Waals surface area contributed by atoms with Gasteiger partial charge in [-0.05, 0) is 50.8 Å². The molecule has 0 saturated carbocycles. The van der Waals surface area contributed by atoms with Crippen LogP contribution in [0.1, 0.15) is 50.0 Å². The lowest BCUT2D eigenvalue weighted by Gasteiger charge is -2.23. The maximum Gasteiger partial charge on any atom is 0.407 e. The number of fused-ring (bicyclic) bond motifs is 1. The molecule has 1 atom stereocenters. The number of amides is 2. The van der Waals surface area contributed by atoms with E-state index in [4.69, 9.17) is 4.74 Å². The van der Waals surface area contributed by atoms with Crippen LogP contribution in [0.2, 0.25) is 0 Å². The van der Waals surface area contributed by atoms with E-state index in [1.165, 1.54) is 0 Å². The Hall–Kier alpha value is -2.41. The first kappa shape index (κ1) is 19.9. The fourth-order valence-electron chi connectivity index (χ4n) is 2.77. The zero-order valence-corrected chi connectivity index (χ0v) is 15.5. The molecule has 1 aliphatic rings. The van der Waals surface area contributed by atoms with Gasteiger partial charge in [-0.2, -0.15) is 0 Å². The van der Waals surface area contributed by atoms with Gasteiger partial charge < -0.3 is 20.5 Å². The number of aryl methyl sites for hydroxylation is 2. The summed E-state index contributed by atoms with van der Waals surface area (Å²) < 4.78 is 18.4. The molecule has 142 valence electrons. The molecule has 0 bridgehead atoms. The Morgan fingerprint density at radius 1 is 1.42 bits per heavy atom. The summed E-state index contributed by atoms with van der Waals surface area (Å²) in [4.78, 5) is 23.2. The molecule has 1 aromatic rings. The first-order valence-corrected chi connectivity index (χ1v) is 8.48. The molecule has 0 spiro atoms. The molecule has 2 rings (SSSR count). The molecule has 0 radical (unpaired) electrons. The van der Waals surface area contributed by atoms with Crippen molar-refractivity contribution in [1.29, 1.82) is 0 Å². The number of halogens is 1. The lowest BCUT2D eigenvalue weighted by atomic mass is 9.93. The quantitative estimate of drug-likeness (QED) is 0.765. The van der Waals surface area contributed by atoms with Crippen molar-refractivity contribution in [1.82, 2.24) is 5.32 Å². The first-order chi connectivity index (χ1) is 12.1. The normalized spacial score (nSPS) is 15.8. The number of hydrogen-bond acceptors (Lipinski definition) is 4. The lowest BCUT2D eigenvalue weighted by molar-refractivity contribution is -0.116. The van der Waals surface area contributed by atoms with Gasteiger partial charge in [0, 0.05) is 24.2 Å². The number of carbonyl (C=O) groups excluding carboxylic acids is 2. The zero-order chi connectivity index (χ0) is 19.5. The van der Waals surface area contributed by atoms with E-state index < -0.39 is 17.8 Å². The van der Waals surface area contributed by atoms with Crippen LogP contribution in [0, 0.1) is 6.92 Å². The smallest absolute Gasteiger partial charge is 0.407 e. The number of carbonyl (C=O) groups is 2. The number of aliphatic hydroxyl groups excluding tert-OH is 1. The Balaban J connectivity index is 2.11. The predicted molar refractivity (Wildman–Crippen MR) is 96.5 cm³/mol. The molecule has 0 fully saturated rings. The van der Waals surface area contributed by atoms with Crippen LogP contribution in [-0.2, 0) is 16.0 Å². The summed E-state index contributed by atoms with van der Waals surface area (Å²) in [5.74, 6) is -0.0418. The Bertz CT molecular complexity index is 738. The number of anilines is 1. The van der Waals surface area contributed by atoms with Crippen molar-refractivity contribution in [2.24, 2.45) is 0 Å². The number of ether oxygens (including phenoxy) is 1. The van der Waals surface area contributed by atoms with E-state index >= 15 is 0 Å². The second kappa shape index (κ2) is 7.86. The molecule has 0 aromatic heterocycles. The molecule has 1 unspecified atom stereocenters. The van der Waals surface area contributed by atoms with Gasteiger partial charge in [-0.25, -0.2) is 9.18 Å². The number of rotatable bonds is 4. The lowest BCUT2D eigenvalue weighted by Crippen LogP contribution is -2.34. The van der Waals surface area contributed by atoms with Crippen molar-refractivity contribution in [3.05, 3.63) is 40.7 Å². The summed E-state index contributed by atoms with van der Waals surface area (Å²) in [5, 5.41) is 15.8. The van der Waals surface area contributed by atoms with Crippen molar-refractivity contribution in [2.75, 3.05) is 11.9 Å². The van der Waals surface area contributed by atoms with Crippen LogP contribution in [0.5, 0.6) is 0 Å². The van der Waals surface area contributed by atoms with E-state index in [1.807, 2.05) is 6.92 Å². The van der Waals surface area contributed by atoms with E-state index in [0.717, 1.165) is 16.8 Å². The van der Waals surface area contributed by atoms with Crippen LogP contribution in [0.4, 0.5) is 14.9 Å². The Morgan fingerprint density at radius 3 is 2.73 bits per heavy atom.